The van der Waals surface area contributed by atoms with E-state index in [1.54, 1.807) is 6.07 Å². The van der Waals surface area contributed by atoms with Crippen LogP contribution < -0.4 is 10.2 Å². The Labute approximate surface area is 84.4 Å². The van der Waals surface area contributed by atoms with Gasteiger partial charge >= 0.3 is 0 Å². The van der Waals surface area contributed by atoms with Crippen LogP contribution in [0.4, 0.5) is 5.69 Å². The van der Waals surface area contributed by atoms with Gasteiger partial charge in [0, 0.05) is 37.9 Å². The predicted octanol–water partition coefficient (Wildman–Crippen LogP) is 1.11. The maximum Gasteiger partial charge on any atom is 0.117 e. The van der Waals surface area contributed by atoms with Gasteiger partial charge in [-0.05, 0) is 24.6 Å². The molecule has 1 heterocycles. The molecule has 2 rings (SSSR count). The third kappa shape index (κ3) is 1.99. The number of anilines is 1. The van der Waals surface area contributed by atoms with Crippen LogP contribution in [0, 0.1) is 6.92 Å². The maximum absolute atomic E-state index is 9.48. The third-order valence-corrected chi connectivity index (χ3v) is 2.53. The summed E-state index contributed by atoms with van der Waals surface area (Å²) in [5.41, 5.74) is 2.24. The van der Waals surface area contributed by atoms with Crippen LogP contribution in [0.5, 0.6) is 5.75 Å². The molecule has 1 fully saturated rings. The summed E-state index contributed by atoms with van der Waals surface area (Å²) in [7, 11) is 0. The Morgan fingerprint density at radius 3 is 2.57 bits per heavy atom. The average molecular weight is 192 g/mol. The van der Waals surface area contributed by atoms with E-state index in [9.17, 15) is 5.11 Å². The van der Waals surface area contributed by atoms with Gasteiger partial charge in [-0.25, -0.2) is 0 Å². The van der Waals surface area contributed by atoms with Crippen LogP contribution in [-0.4, -0.2) is 31.3 Å². The van der Waals surface area contributed by atoms with Crippen LogP contribution in [0.2, 0.25) is 0 Å². The van der Waals surface area contributed by atoms with Gasteiger partial charge in [0.05, 0.1) is 0 Å². The highest BCUT2D eigenvalue weighted by atomic mass is 16.3. The van der Waals surface area contributed by atoms with Crippen LogP contribution in [0.25, 0.3) is 0 Å². The lowest BCUT2D eigenvalue weighted by atomic mass is 10.2. The summed E-state index contributed by atoms with van der Waals surface area (Å²) in [4.78, 5) is 2.29. The highest BCUT2D eigenvalue weighted by Gasteiger charge is 2.10. The van der Waals surface area contributed by atoms with Gasteiger partial charge < -0.3 is 15.3 Å². The van der Waals surface area contributed by atoms with E-state index >= 15 is 0 Å². The fraction of sp³-hybridized carbons (Fsp3) is 0.455. The lowest BCUT2D eigenvalue weighted by Gasteiger charge is -2.29. The molecule has 2 N–H and O–H groups in total. The minimum absolute atomic E-state index is 0.360. The van der Waals surface area contributed by atoms with Crippen molar-refractivity contribution in [2.45, 2.75) is 6.92 Å². The molecule has 3 heteroatoms. The Hall–Kier alpha value is -1.22. The summed E-state index contributed by atoms with van der Waals surface area (Å²) in [6.07, 6.45) is 0. The van der Waals surface area contributed by atoms with Gasteiger partial charge in [0.1, 0.15) is 5.75 Å². The molecule has 0 radical (unpaired) electrons. The third-order valence-electron chi connectivity index (χ3n) is 2.53. The molecule has 1 aromatic rings. The molecule has 76 valence electrons. The first-order chi connectivity index (χ1) is 6.75. The molecule has 1 saturated heterocycles. The molecule has 0 atom stereocenters. The van der Waals surface area contributed by atoms with Gasteiger partial charge in [0.2, 0.25) is 0 Å². The fourth-order valence-corrected chi connectivity index (χ4v) is 1.85. The molecule has 1 aliphatic heterocycles. The summed E-state index contributed by atoms with van der Waals surface area (Å²) < 4.78 is 0. The first kappa shape index (κ1) is 9.34. The average Bonchev–Trinajstić information content (AvgIpc) is 2.18. The number of phenols is 1. The number of hydrogen-bond donors (Lipinski definition) is 2. The van der Waals surface area contributed by atoms with E-state index < -0.39 is 0 Å². The van der Waals surface area contributed by atoms with E-state index in [-0.39, 0.29) is 0 Å². The molecule has 0 bridgehead atoms. The van der Waals surface area contributed by atoms with Gasteiger partial charge in [0.25, 0.3) is 0 Å². The van der Waals surface area contributed by atoms with Gasteiger partial charge in [-0.3, -0.25) is 0 Å². The molecule has 1 aliphatic rings. The highest BCUT2D eigenvalue weighted by Crippen LogP contribution is 2.22. The molecule has 0 aromatic heterocycles. The molecular formula is C11H16N2O. The van der Waals surface area contributed by atoms with Crippen LogP contribution in [0.1, 0.15) is 5.56 Å². The number of benzene rings is 1. The van der Waals surface area contributed by atoms with Crippen molar-refractivity contribution in [1.29, 1.82) is 0 Å². The monoisotopic (exact) mass is 192 g/mol. The van der Waals surface area contributed by atoms with E-state index in [1.807, 2.05) is 13.0 Å². The number of aryl methyl sites for hydroxylation is 1. The summed E-state index contributed by atoms with van der Waals surface area (Å²) in [5, 5.41) is 12.8. The minimum atomic E-state index is 0.360. The number of hydrogen-bond acceptors (Lipinski definition) is 3. The number of phenolic OH excluding ortho intramolecular Hbond substituents is 1. The SMILES string of the molecule is Cc1cc(O)cc(N2CCNCC2)c1. The number of piperazine rings is 1. The first-order valence-corrected chi connectivity index (χ1v) is 5.02. The fourth-order valence-electron chi connectivity index (χ4n) is 1.85. The molecule has 0 saturated carbocycles. The second-order valence-electron chi connectivity index (χ2n) is 3.76. The van der Waals surface area contributed by atoms with Crippen molar-refractivity contribution < 1.29 is 5.11 Å². The second-order valence-corrected chi connectivity index (χ2v) is 3.76. The molecule has 1 aromatic carbocycles. The Morgan fingerprint density at radius 2 is 1.93 bits per heavy atom. The normalized spacial score (nSPS) is 17.1. The first-order valence-electron chi connectivity index (χ1n) is 5.02. The zero-order valence-corrected chi connectivity index (χ0v) is 8.45. The summed E-state index contributed by atoms with van der Waals surface area (Å²) in [6.45, 7) is 6.08. The lowest BCUT2D eigenvalue weighted by Crippen LogP contribution is -2.43. The largest absolute Gasteiger partial charge is 0.508 e. The number of nitrogens with one attached hydrogen (secondary N) is 1. The van der Waals surface area contributed by atoms with Crippen LogP contribution in [-0.2, 0) is 0 Å². The molecule has 0 unspecified atom stereocenters. The van der Waals surface area contributed by atoms with Crippen molar-refractivity contribution in [3.8, 4) is 5.75 Å². The van der Waals surface area contributed by atoms with E-state index in [4.69, 9.17) is 0 Å². The molecule has 0 amide bonds. The summed E-state index contributed by atoms with van der Waals surface area (Å²) in [6, 6.07) is 5.73. The van der Waals surface area contributed by atoms with Crippen molar-refractivity contribution in [3.05, 3.63) is 23.8 Å². The van der Waals surface area contributed by atoms with E-state index in [0.29, 0.717) is 5.75 Å². The molecule has 14 heavy (non-hydrogen) atoms. The molecule has 0 spiro atoms. The topological polar surface area (TPSA) is 35.5 Å². The lowest BCUT2D eigenvalue weighted by molar-refractivity contribution is 0.474. The van der Waals surface area contributed by atoms with E-state index in [1.165, 1.54) is 0 Å². The minimum Gasteiger partial charge on any atom is -0.508 e. The van der Waals surface area contributed by atoms with E-state index in [0.717, 1.165) is 37.4 Å². The van der Waals surface area contributed by atoms with Gasteiger partial charge in [0.15, 0.2) is 0 Å². The number of rotatable bonds is 1. The van der Waals surface area contributed by atoms with Crippen LogP contribution in [0.15, 0.2) is 18.2 Å². The second kappa shape index (κ2) is 3.88. The Bertz CT molecular complexity index is 299. The quantitative estimate of drug-likeness (QED) is 0.699. The van der Waals surface area contributed by atoms with Crippen LogP contribution in [0.3, 0.4) is 0 Å². The summed E-state index contributed by atoms with van der Waals surface area (Å²) in [5.74, 6) is 0.360. The summed E-state index contributed by atoms with van der Waals surface area (Å²) >= 11 is 0. The smallest absolute Gasteiger partial charge is 0.117 e. The molecule has 0 aliphatic carbocycles. The van der Waals surface area contributed by atoms with Crippen molar-refractivity contribution in [3.63, 3.8) is 0 Å². The van der Waals surface area contributed by atoms with Crippen molar-refractivity contribution >= 4 is 5.69 Å². The molecular weight excluding hydrogens is 176 g/mol. The molecule has 3 nitrogen and oxygen atoms in total. The van der Waals surface area contributed by atoms with Crippen LogP contribution >= 0.6 is 0 Å². The van der Waals surface area contributed by atoms with Crippen molar-refractivity contribution in [2.75, 3.05) is 31.1 Å². The zero-order chi connectivity index (χ0) is 9.97. The van der Waals surface area contributed by atoms with Crippen molar-refractivity contribution in [1.82, 2.24) is 5.32 Å². The Balaban J connectivity index is 2.21. The van der Waals surface area contributed by atoms with Crippen molar-refractivity contribution in [2.24, 2.45) is 0 Å². The standard InChI is InChI=1S/C11H16N2O/c1-9-6-10(8-11(14)7-9)13-4-2-12-3-5-13/h6-8,12,14H,2-5H2,1H3. The number of nitrogens with zero attached hydrogens (tertiary/aromatic N) is 1. The predicted molar refractivity (Wildman–Crippen MR) is 57.9 cm³/mol. The zero-order valence-electron chi connectivity index (χ0n) is 8.45. The Morgan fingerprint density at radius 1 is 1.21 bits per heavy atom. The van der Waals surface area contributed by atoms with Gasteiger partial charge in [-0.2, -0.15) is 0 Å². The Kier molecular flexibility index (Phi) is 2.59. The van der Waals surface area contributed by atoms with Gasteiger partial charge in [-0.15, -0.1) is 0 Å². The highest BCUT2D eigenvalue weighted by molar-refractivity contribution is 5.53. The number of aromatic hydroxyl groups is 1. The van der Waals surface area contributed by atoms with Gasteiger partial charge in [-0.1, -0.05) is 0 Å². The van der Waals surface area contributed by atoms with E-state index in [2.05, 4.69) is 16.3 Å². The maximum atomic E-state index is 9.48.